The molecule has 2 saturated heterocycles. The first-order chi connectivity index (χ1) is 19.3. The van der Waals surface area contributed by atoms with Crippen LogP contribution in [0.2, 0.25) is 0 Å². The first-order valence-electron chi connectivity index (χ1n) is 12.2. The number of phenolic OH excluding ortho intramolecular Hbond substituents is 2. The van der Waals surface area contributed by atoms with Crippen LogP contribution in [-0.4, -0.2) is 34.1 Å². The van der Waals surface area contributed by atoms with Crippen molar-refractivity contribution in [2.75, 3.05) is 0 Å². The van der Waals surface area contributed by atoms with E-state index in [9.17, 15) is 29.4 Å². The minimum absolute atomic E-state index is 0.0988. The molecule has 6 N–H and O–H groups in total. The first-order valence-corrected chi connectivity index (χ1v) is 12.2. The van der Waals surface area contributed by atoms with Gasteiger partial charge >= 0.3 is 12.1 Å². The summed E-state index contributed by atoms with van der Waals surface area (Å²) in [7, 11) is 0. The largest absolute Gasteiger partial charge is 0.508 e. The summed E-state index contributed by atoms with van der Waals surface area (Å²) < 4.78 is 0. The molecule has 2 fully saturated rings. The molecule has 0 aliphatic carbocycles. The van der Waals surface area contributed by atoms with Crippen LogP contribution in [-0.2, 0) is 20.7 Å². The molecule has 2 unspecified atom stereocenters. The van der Waals surface area contributed by atoms with Gasteiger partial charge in [-0.15, -0.1) is 0 Å². The highest BCUT2D eigenvalue weighted by molar-refractivity contribution is 6.10. The fourth-order valence-electron chi connectivity index (χ4n) is 4.86. The smallest absolute Gasteiger partial charge is 0.322 e. The summed E-state index contributed by atoms with van der Waals surface area (Å²) in [4.78, 5) is 47.9. The van der Waals surface area contributed by atoms with E-state index in [1.165, 1.54) is 24.3 Å². The monoisotopic (exact) mass is 536 g/mol. The number of carbonyl (C=O) groups excluding carboxylic acids is 4. The van der Waals surface area contributed by atoms with Crippen LogP contribution in [0, 0.1) is 0 Å². The van der Waals surface area contributed by atoms with Gasteiger partial charge in [-0.3, -0.25) is 20.2 Å². The number of rotatable bonds is 4. The average molecular weight is 537 g/mol. The molecule has 0 spiro atoms. The molecule has 10 nitrogen and oxygen atoms in total. The van der Waals surface area contributed by atoms with Crippen molar-refractivity contribution in [1.82, 2.24) is 21.3 Å². The number of benzene rings is 4. The third-order valence-corrected chi connectivity index (χ3v) is 6.75. The second-order valence-corrected chi connectivity index (χ2v) is 9.14. The highest BCUT2D eigenvalue weighted by atomic mass is 16.3. The summed E-state index contributed by atoms with van der Waals surface area (Å²) in [6.07, 6.45) is 0. The molecule has 4 aromatic carbocycles. The van der Waals surface area contributed by atoms with Gasteiger partial charge < -0.3 is 20.8 Å². The van der Waals surface area contributed by atoms with Gasteiger partial charge in [-0.25, -0.2) is 9.59 Å². The molecule has 2 aliphatic heterocycles. The molecule has 0 radical (unpaired) electrons. The molecule has 40 heavy (non-hydrogen) atoms. The van der Waals surface area contributed by atoms with Crippen molar-refractivity contribution in [3.05, 3.63) is 131 Å². The molecule has 0 aromatic heterocycles. The summed E-state index contributed by atoms with van der Waals surface area (Å²) in [6, 6.07) is 29.3. The minimum Gasteiger partial charge on any atom is -0.508 e. The van der Waals surface area contributed by atoms with E-state index in [4.69, 9.17) is 0 Å². The Labute approximate surface area is 228 Å². The Hall–Kier alpha value is -5.64. The van der Waals surface area contributed by atoms with Crippen molar-refractivity contribution < 1.29 is 29.4 Å². The van der Waals surface area contributed by atoms with Crippen LogP contribution in [0.15, 0.2) is 109 Å². The molecule has 200 valence electrons. The Bertz CT molecular complexity index is 1460. The topological polar surface area (TPSA) is 157 Å². The maximum atomic E-state index is 12.3. The zero-order valence-electron chi connectivity index (χ0n) is 20.9. The van der Waals surface area contributed by atoms with E-state index in [2.05, 4.69) is 21.3 Å². The Morgan fingerprint density at radius 2 is 0.725 bits per heavy atom. The Morgan fingerprint density at radius 3 is 1.00 bits per heavy atom. The van der Waals surface area contributed by atoms with Crippen molar-refractivity contribution in [1.29, 1.82) is 0 Å². The fraction of sp³-hybridized carbons (Fsp3) is 0.0667. The molecule has 10 heteroatoms. The lowest BCUT2D eigenvalue weighted by Gasteiger charge is -2.27. The maximum Gasteiger partial charge on any atom is 0.322 e. The third kappa shape index (κ3) is 4.47. The van der Waals surface area contributed by atoms with Gasteiger partial charge in [0.25, 0.3) is 11.8 Å². The number of urea groups is 2. The summed E-state index contributed by atoms with van der Waals surface area (Å²) in [6.45, 7) is 0. The quantitative estimate of drug-likeness (QED) is 0.220. The van der Waals surface area contributed by atoms with Crippen LogP contribution >= 0.6 is 0 Å². The lowest BCUT2D eigenvalue weighted by atomic mass is 9.83. The number of nitrogens with one attached hydrogen (secondary N) is 4. The van der Waals surface area contributed by atoms with Gasteiger partial charge in [0.15, 0.2) is 11.1 Å². The predicted molar refractivity (Wildman–Crippen MR) is 144 cm³/mol. The highest BCUT2D eigenvalue weighted by Gasteiger charge is 2.50. The highest BCUT2D eigenvalue weighted by Crippen LogP contribution is 2.34. The summed E-state index contributed by atoms with van der Waals surface area (Å²) in [5.41, 5.74) is -0.0178. The standard InChI is InChI=1S/2C15H12N2O3/c2*18-12-8-6-11(7-9-12)15(10-4-2-1-3-5-10)13(19)16-14(20)17-15/h2*1-9,18H,(H2,16,17,19,20). The van der Waals surface area contributed by atoms with E-state index >= 15 is 0 Å². The molecule has 6 rings (SSSR count). The van der Waals surface area contributed by atoms with Gasteiger partial charge in [-0.2, -0.15) is 0 Å². The van der Waals surface area contributed by atoms with Gasteiger partial charge in [-0.1, -0.05) is 84.9 Å². The summed E-state index contributed by atoms with van der Waals surface area (Å²) >= 11 is 0. The van der Waals surface area contributed by atoms with Crippen LogP contribution in [0.1, 0.15) is 22.3 Å². The van der Waals surface area contributed by atoms with Crippen LogP contribution in [0.5, 0.6) is 11.5 Å². The summed E-state index contributed by atoms with van der Waals surface area (Å²) in [5, 5.41) is 28.7. The Balaban J connectivity index is 0.000000161. The van der Waals surface area contributed by atoms with Crippen molar-refractivity contribution in [2.45, 2.75) is 11.1 Å². The van der Waals surface area contributed by atoms with E-state index < -0.39 is 35.0 Å². The predicted octanol–water partition coefficient (Wildman–Crippen LogP) is 2.95. The Morgan fingerprint density at radius 1 is 0.425 bits per heavy atom. The maximum absolute atomic E-state index is 12.3. The normalized spacial score (nSPS) is 21.4. The van der Waals surface area contributed by atoms with Crippen molar-refractivity contribution in [2.24, 2.45) is 0 Å². The number of amides is 6. The van der Waals surface area contributed by atoms with Crippen LogP contribution < -0.4 is 21.3 Å². The second kappa shape index (κ2) is 10.3. The fourth-order valence-corrected chi connectivity index (χ4v) is 4.86. The van der Waals surface area contributed by atoms with Gasteiger partial charge in [0.2, 0.25) is 0 Å². The molecule has 2 heterocycles. The molecular formula is C30H24N4O6. The molecular weight excluding hydrogens is 512 g/mol. The van der Waals surface area contributed by atoms with Crippen LogP contribution in [0.3, 0.4) is 0 Å². The van der Waals surface area contributed by atoms with Gasteiger partial charge in [0.1, 0.15) is 11.5 Å². The minimum atomic E-state index is -1.26. The average Bonchev–Trinajstić information content (AvgIpc) is 3.45. The van der Waals surface area contributed by atoms with Gasteiger partial charge in [0.05, 0.1) is 0 Å². The van der Waals surface area contributed by atoms with Crippen LogP contribution in [0.25, 0.3) is 0 Å². The van der Waals surface area contributed by atoms with Crippen molar-refractivity contribution in [3.63, 3.8) is 0 Å². The van der Waals surface area contributed by atoms with Crippen molar-refractivity contribution in [3.8, 4) is 11.5 Å². The zero-order valence-corrected chi connectivity index (χ0v) is 20.9. The van der Waals surface area contributed by atoms with E-state index in [0.29, 0.717) is 22.3 Å². The molecule has 6 amide bonds. The van der Waals surface area contributed by atoms with Gasteiger partial charge in [-0.05, 0) is 46.5 Å². The zero-order chi connectivity index (χ0) is 28.3. The van der Waals surface area contributed by atoms with Crippen molar-refractivity contribution >= 4 is 23.9 Å². The van der Waals surface area contributed by atoms with E-state index in [1.807, 2.05) is 12.1 Å². The molecule has 4 aromatic rings. The summed E-state index contributed by atoms with van der Waals surface area (Å²) in [5.74, 6) is -0.665. The van der Waals surface area contributed by atoms with Gasteiger partial charge in [0, 0.05) is 0 Å². The van der Waals surface area contributed by atoms with E-state index in [-0.39, 0.29) is 11.5 Å². The van der Waals surface area contributed by atoms with Crippen LogP contribution in [0.4, 0.5) is 9.59 Å². The Kier molecular flexibility index (Phi) is 6.66. The number of hydrogen-bond donors (Lipinski definition) is 6. The lowest BCUT2D eigenvalue weighted by Crippen LogP contribution is -2.44. The number of hydrogen-bond acceptors (Lipinski definition) is 6. The van der Waals surface area contributed by atoms with E-state index in [0.717, 1.165) is 0 Å². The first kappa shape index (κ1) is 26.0. The lowest BCUT2D eigenvalue weighted by molar-refractivity contribution is -0.123. The molecule has 2 aliphatic rings. The molecule has 0 saturated carbocycles. The number of aromatic hydroxyl groups is 2. The molecule has 2 atom stereocenters. The second-order valence-electron chi connectivity index (χ2n) is 9.14. The SMILES string of the molecule is O=C1NC(=O)C(c2ccccc2)(c2ccc(O)cc2)N1.O=C1NC(=O)C(c2ccccc2)(c2ccc(O)cc2)N1. The number of carbonyl (C=O) groups is 4. The number of phenols is 2. The van der Waals surface area contributed by atoms with E-state index in [1.54, 1.807) is 72.8 Å². The third-order valence-electron chi connectivity index (χ3n) is 6.75. The number of imide groups is 2. The molecule has 0 bridgehead atoms.